The first kappa shape index (κ1) is 20.9. The van der Waals surface area contributed by atoms with E-state index < -0.39 is 23.4 Å². The molecule has 27 heavy (non-hydrogen) atoms. The van der Waals surface area contributed by atoms with E-state index in [9.17, 15) is 19.5 Å². The zero-order valence-electron chi connectivity index (χ0n) is 16.1. The number of nitrogens with one attached hydrogen (secondary N) is 1. The van der Waals surface area contributed by atoms with Crippen molar-refractivity contribution in [3.63, 3.8) is 0 Å². The van der Waals surface area contributed by atoms with Crippen LogP contribution in [0.25, 0.3) is 0 Å². The van der Waals surface area contributed by atoms with Gasteiger partial charge in [0.1, 0.15) is 5.54 Å². The summed E-state index contributed by atoms with van der Waals surface area (Å²) in [5.41, 5.74) is 1.70. The van der Waals surface area contributed by atoms with E-state index in [1.54, 1.807) is 6.92 Å². The van der Waals surface area contributed by atoms with Gasteiger partial charge in [-0.1, -0.05) is 23.8 Å². The Morgan fingerprint density at radius 3 is 2.33 bits per heavy atom. The normalized spacial score (nSPS) is 17.9. The van der Waals surface area contributed by atoms with Crippen molar-refractivity contribution in [2.24, 2.45) is 0 Å². The predicted octanol–water partition coefficient (Wildman–Crippen LogP) is 1.92. The van der Waals surface area contributed by atoms with Gasteiger partial charge in [0.2, 0.25) is 5.91 Å². The number of aryl methyl sites for hydroxylation is 2. The zero-order valence-corrected chi connectivity index (χ0v) is 16.1. The van der Waals surface area contributed by atoms with Gasteiger partial charge >= 0.3 is 11.9 Å². The molecule has 1 aromatic rings. The lowest BCUT2D eigenvalue weighted by Crippen LogP contribution is -2.60. The van der Waals surface area contributed by atoms with E-state index in [4.69, 9.17) is 5.11 Å². The molecule has 0 spiro atoms. The summed E-state index contributed by atoms with van der Waals surface area (Å²) in [7, 11) is 0. The molecule has 148 valence electrons. The Labute approximate surface area is 159 Å². The highest BCUT2D eigenvalue weighted by atomic mass is 16.4. The van der Waals surface area contributed by atoms with Crippen molar-refractivity contribution in [1.29, 1.82) is 0 Å². The van der Waals surface area contributed by atoms with Gasteiger partial charge in [-0.25, -0.2) is 4.79 Å². The first-order valence-corrected chi connectivity index (χ1v) is 9.21. The fourth-order valence-electron chi connectivity index (χ4n) is 3.60. The molecule has 2 rings (SSSR count). The number of carboxylic acid groups (broad SMARTS) is 2. The van der Waals surface area contributed by atoms with Crippen molar-refractivity contribution < 1.29 is 24.6 Å². The lowest BCUT2D eigenvalue weighted by molar-refractivity contribution is -0.150. The highest BCUT2D eigenvalue weighted by Crippen LogP contribution is 2.26. The molecule has 3 N–H and O–H groups in total. The monoisotopic (exact) mass is 376 g/mol. The number of carbonyl (C=O) groups is 3. The highest BCUT2D eigenvalue weighted by Gasteiger charge is 2.43. The number of hydrogen-bond acceptors (Lipinski definition) is 4. The number of likely N-dealkylation sites (tertiary alicyclic amines) is 1. The number of rotatable bonds is 7. The molecule has 1 amide bonds. The maximum atomic E-state index is 12.8. The van der Waals surface area contributed by atoms with Crippen LogP contribution in [0.2, 0.25) is 0 Å². The third-order valence-corrected chi connectivity index (χ3v) is 5.41. The third-order valence-electron chi connectivity index (χ3n) is 5.41. The molecule has 1 heterocycles. The molecule has 0 aromatic heterocycles. The van der Waals surface area contributed by atoms with Crippen molar-refractivity contribution in [3.8, 4) is 0 Å². The number of amides is 1. The van der Waals surface area contributed by atoms with E-state index in [0.29, 0.717) is 19.6 Å². The number of carbonyl (C=O) groups excluding carboxylic acids is 1. The second-order valence-electron chi connectivity index (χ2n) is 7.44. The molecule has 0 saturated carbocycles. The largest absolute Gasteiger partial charge is 0.481 e. The van der Waals surface area contributed by atoms with Gasteiger partial charge in [-0.15, -0.1) is 0 Å². The molecular formula is C20H28N2O5. The van der Waals surface area contributed by atoms with E-state index in [-0.39, 0.29) is 25.2 Å². The third kappa shape index (κ3) is 5.07. The van der Waals surface area contributed by atoms with Gasteiger partial charge in [-0.05, 0) is 44.7 Å². The minimum absolute atomic E-state index is 0.0240. The summed E-state index contributed by atoms with van der Waals surface area (Å²) >= 11 is 0. The average molecular weight is 376 g/mol. The Kier molecular flexibility index (Phi) is 6.59. The number of aliphatic carboxylic acids is 2. The molecule has 1 saturated heterocycles. The lowest BCUT2D eigenvalue weighted by atomic mass is 9.85. The van der Waals surface area contributed by atoms with E-state index >= 15 is 0 Å². The topological polar surface area (TPSA) is 107 Å². The fraction of sp³-hybridized carbons (Fsp3) is 0.550. The molecule has 0 aliphatic carbocycles. The Morgan fingerprint density at radius 2 is 1.81 bits per heavy atom. The summed E-state index contributed by atoms with van der Waals surface area (Å²) in [4.78, 5) is 37.3. The van der Waals surface area contributed by atoms with Gasteiger partial charge in [0.15, 0.2) is 0 Å². The SMILES string of the molecule is Cc1ccc(C(C)C(=O)NC2(C(=O)O)CCN(CCC(=O)O)CC2)c(C)c1. The Balaban J connectivity index is 2.06. The van der Waals surface area contributed by atoms with Crippen LogP contribution in [0, 0.1) is 13.8 Å². The van der Waals surface area contributed by atoms with E-state index in [0.717, 1.165) is 16.7 Å². The molecule has 1 atom stereocenters. The van der Waals surface area contributed by atoms with Gasteiger partial charge in [-0.3, -0.25) is 9.59 Å². The molecule has 0 bridgehead atoms. The molecule has 1 aliphatic rings. The molecule has 1 fully saturated rings. The number of nitrogens with zero attached hydrogens (tertiary/aromatic N) is 1. The number of benzene rings is 1. The van der Waals surface area contributed by atoms with Crippen molar-refractivity contribution in [3.05, 3.63) is 34.9 Å². The standard InChI is InChI=1S/C20H28N2O5/c1-13-4-5-16(14(2)12-13)15(3)18(25)21-20(19(26)27)7-10-22(11-8-20)9-6-17(23)24/h4-5,12,15H,6-11H2,1-3H3,(H,21,25)(H,23,24)(H,26,27). The smallest absolute Gasteiger partial charge is 0.329 e. The molecule has 7 nitrogen and oxygen atoms in total. The van der Waals surface area contributed by atoms with Crippen LogP contribution in [-0.2, 0) is 14.4 Å². The first-order chi connectivity index (χ1) is 12.6. The second-order valence-corrected chi connectivity index (χ2v) is 7.44. The van der Waals surface area contributed by atoms with Gasteiger partial charge in [0, 0.05) is 19.6 Å². The summed E-state index contributed by atoms with van der Waals surface area (Å²) in [6.45, 7) is 6.98. The maximum absolute atomic E-state index is 12.8. The van der Waals surface area contributed by atoms with Gasteiger partial charge in [-0.2, -0.15) is 0 Å². The van der Waals surface area contributed by atoms with E-state index in [1.165, 1.54) is 0 Å². The van der Waals surface area contributed by atoms with Crippen LogP contribution in [0.4, 0.5) is 0 Å². The summed E-state index contributed by atoms with van der Waals surface area (Å²) in [5, 5.41) is 21.3. The molecule has 7 heteroatoms. The number of carboxylic acids is 2. The van der Waals surface area contributed by atoms with Gasteiger partial charge < -0.3 is 20.4 Å². The minimum atomic E-state index is -1.30. The quantitative estimate of drug-likeness (QED) is 0.671. The van der Waals surface area contributed by atoms with E-state index in [1.807, 2.05) is 36.9 Å². The summed E-state index contributed by atoms with van der Waals surface area (Å²) in [6.07, 6.45) is 0.538. The van der Waals surface area contributed by atoms with Crippen molar-refractivity contribution >= 4 is 17.8 Å². The van der Waals surface area contributed by atoms with Gasteiger partial charge in [0.05, 0.1) is 12.3 Å². The lowest BCUT2D eigenvalue weighted by Gasteiger charge is -2.39. The summed E-state index contributed by atoms with van der Waals surface area (Å²) < 4.78 is 0. The van der Waals surface area contributed by atoms with Crippen molar-refractivity contribution in [2.75, 3.05) is 19.6 Å². The van der Waals surface area contributed by atoms with Crippen LogP contribution in [-0.4, -0.2) is 58.1 Å². The molecule has 0 radical (unpaired) electrons. The number of piperidine rings is 1. The van der Waals surface area contributed by atoms with Crippen LogP contribution < -0.4 is 5.32 Å². The molecular weight excluding hydrogens is 348 g/mol. The van der Waals surface area contributed by atoms with Crippen LogP contribution in [0.15, 0.2) is 18.2 Å². The van der Waals surface area contributed by atoms with E-state index in [2.05, 4.69) is 5.32 Å². The maximum Gasteiger partial charge on any atom is 0.329 e. The van der Waals surface area contributed by atoms with Crippen LogP contribution in [0.3, 0.4) is 0 Å². The zero-order chi connectivity index (χ0) is 20.2. The van der Waals surface area contributed by atoms with Crippen LogP contribution >= 0.6 is 0 Å². The second kappa shape index (κ2) is 8.52. The summed E-state index contributed by atoms with van der Waals surface area (Å²) in [5.74, 6) is -2.67. The number of hydrogen-bond donors (Lipinski definition) is 3. The van der Waals surface area contributed by atoms with Crippen molar-refractivity contribution in [1.82, 2.24) is 10.2 Å². The predicted molar refractivity (Wildman–Crippen MR) is 101 cm³/mol. The molecule has 1 aromatic carbocycles. The fourth-order valence-corrected chi connectivity index (χ4v) is 3.60. The van der Waals surface area contributed by atoms with Crippen LogP contribution in [0.1, 0.15) is 48.8 Å². The van der Waals surface area contributed by atoms with Crippen LogP contribution in [0.5, 0.6) is 0 Å². The minimum Gasteiger partial charge on any atom is -0.481 e. The molecule has 1 unspecified atom stereocenters. The van der Waals surface area contributed by atoms with Gasteiger partial charge in [0.25, 0.3) is 0 Å². The Morgan fingerprint density at radius 1 is 1.19 bits per heavy atom. The highest BCUT2D eigenvalue weighted by molar-refractivity contribution is 5.90. The Bertz CT molecular complexity index is 723. The van der Waals surface area contributed by atoms with Crippen molar-refractivity contribution in [2.45, 2.75) is 51.5 Å². The molecule has 1 aliphatic heterocycles. The summed E-state index contributed by atoms with van der Waals surface area (Å²) in [6, 6.07) is 5.86. The Hall–Kier alpha value is -2.41. The average Bonchev–Trinajstić information content (AvgIpc) is 2.60. The first-order valence-electron chi connectivity index (χ1n) is 9.21.